The molecule has 0 unspecified atom stereocenters. The van der Waals surface area contributed by atoms with Crippen molar-refractivity contribution in [3.63, 3.8) is 0 Å². The van der Waals surface area contributed by atoms with Crippen LogP contribution < -0.4 is 5.32 Å². The van der Waals surface area contributed by atoms with Gasteiger partial charge in [0.05, 0.1) is 0 Å². The number of pyridine rings is 1. The van der Waals surface area contributed by atoms with Crippen LogP contribution in [0.2, 0.25) is 0 Å². The summed E-state index contributed by atoms with van der Waals surface area (Å²) in [6, 6.07) is 14.3. The Morgan fingerprint density at radius 3 is 2.85 bits per heavy atom. The summed E-state index contributed by atoms with van der Waals surface area (Å²) in [5.74, 6) is 1.64. The van der Waals surface area contributed by atoms with E-state index in [1.54, 1.807) is 4.52 Å². The maximum absolute atomic E-state index is 4.41. The average Bonchev–Trinajstić information content (AvgIpc) is 2.86. The van der Waals surface area contributed by atoms with E-state index in [2.05, 4.69) is 55.6 Å². The van der Waals surface area contributed by atoms with E-state index in [-0.39, 0.29) is 0 Å². The molecule has 0 aliphatic rings. The fraction of sp³-hybridized carbons (Fsp3) is 0.143. The topological polar surface area (TPSA) is 42.2 Å². The number of nitrogens with one attached hydrogen (secondary N) is 1. The van der Waals surface area contributed by atoms with Gasteiger partial charge in [-0.15, -0.1) is 16.9 Å². The standard InChI is InChI=1S/C14H13BrN4S/c15-11-6-7-13-17-14(18-19(13)10-11)16-8-9-20-12-4-2-1-3-5-12/h1-7,10H,8-9H2,(H,16,18). The molecule has 0 aliphatic carbocycles. The molecule has 0 bridgehead atoms. The number of benzene rings is 1. The summed E-state index contributed by atoms with van der Waals surface area (Å²) in [4.78, 5) is 5.69. The zero-order valence-electron chi connectivity index (χ0n) is 10.7. The van der Waals surface area contributed by atoms with Gasteiger partial charge in [-0.1, -0.05) is 18.2 Å². The summed E-state index contributed by atoms with van der Waals surface area (Å²) < 4.78 is 2.75. The van der Waals surface area contributed by atoms with Gasteiger partial charge in [0, 0.05) is 27.9 Å². The van der Waals surface area contributed by atoms with Gasteiger partial charge in [-0.25, -0.2) is 4.52 Å². The molecule has 2 heterocycles. The second-order valence-corrected chi connectivity index (χ2v) is 6.26. The second-order valence-electron chi connectivity index (χ2n) is 4.17. The number of anilines is 1. The van der Waals surface area contributed by atoms with Crippen molar-refractivity contribution < 1.29 is 0 Å². The first-order chi connectivity index (χ1) is 9.81. The highest BCUT2D eigenvalue weighted by Crippen LogP contribution is 2.16. The second kappa shape index (κ2) is 6.28. The first-order valence-electron chi connectivity index (χ1n) is 6.25. The van der Waals surface area contributed by atoms with Gasteiger partial charge in [0.25, 0.3) is 0 Å². The lowest BCUT2D eigenvalue weighted by Crippen LogP contribution is -2.05. The normalized spacial score (nSPS) is 10.8. The van der Waals surface area contributed by atoms with Gasteiger partial charge in [0.2, 0.25) is 5.95 Å². The smallest absolute Gasteiger partial charge is 0.243 e. The van der Waals surface area contributed by atoms with Crippen molar-refractivity contribution in [1.29, 1.82) is 0 Å². The van der Waals surface area contributed by atoms with E-state index in [0.717, 1.165) is 22.4 Å². The van der Waals surface area contributed by atoms with Crippen molar-refractivity contribution in [2.75, 3.05) is 17.6 Å². The Balaban J connectivity index is 1.55. The molecule has 0 saturated carbocycles. The highest BCUT2D eigenvalue weighted by atomic mass is 79.9. The van der Waals surface area contributed by atoms with E-state index in [9.17, 15) is 0 Å². The van der Waals surface area contributed by atoms with Crippen LogP contribution in [-0.2, 0) is 0 Å². The number of halogens is 1. The molecule has 0 spiro atoms. The van der Waals surface area contributed by atoms with Crippen molar-refractivity contribution in [2.24, 2.45) is 0 Å². The summed E-state index contributed by atoms with van der Waals surface area (Å²) in [6.07, 6.45) is 1.90. The molecule has 1 aromatic carbocycles. The molecule has 0 fully saturated rings. The van der Waals surface area contributed by atoms with Crippen LogP contribution in [0.1, 0.15) is 0 Å². The first-order valence-corrected chi connectivity index (χ1v) is 8.03. The molecule has 1 N–H and O–H groups in total. The monoisotopic (exact) mass is 348 g/mol. The summed E-state index contributed by atoms with van der Waals surface area (Å²) in [5.41, 5.74) is 0.839. The minimum absolute atomic E-state index is 0.664. The van der Waals surface area contributed by atoms with E-state index in [1.165, 1.54) is 4.90 Å². The van der Waals surface area contributed by atoms with Crippen LogP contribution in [0, 0.1) is 0 Å². The number of thioether (sulfide) groups is 1. The van der Waals surface area contributed by atoms with Crippen LogP contribution in [0.15, 0.2) is 58.0 Å². The molecule has 0 aliphatic heterocycles. The van der Waals surface area contributed by atoms with Crippen LogP contribution in [0.4, 0.5) is 5.95 Å². The van der Waals surface area contributed by atoms with E-state index >= 15 is 0 Å². The molecule has 3 aromatic rings. The van der Waals surface area contributed by atoms with Crippen molar-refractivity contribution >= 4 is 39.3 Å². The minimum Gasteiger partial charge on any atom is -0.352 e. The van der Waals surface area contributed by atoms with Crippen molar-refractivity contribution in [3.05, 3.63) is 53.1 Å². The summed E-state index contributed by atoms with van der Waals surface area (Å²) >= 11 is 5.24. The molecule has 0 amide bonds. The Kier molecular flexibility index (Phi) is 4.22. The predicted molar refractivity (Wildman–Crippen MR) is 86.3 cm³/mol. The maximum atomic E-state index is 4.41. The van der Waals surface area contributed by atoms with Gasteiger partial charge in [-0.2, -0.15) is 4.98 Å². The number of hydrogen-bond acceptors (Lipinski definition) is 4. The third-order valence-electron chi connectivity index (χ3n) is 2.69. The van der Waals surface area contributed by atoms with Crippen LogP contribution in [0.3, 0.4) is 0 Å². The quantitative estimate of drug-likeness (QED) is 0.563. The third kappa shape index (κ3) is 3.32. The average molecular weight is 349 g/mol. The maximum Gasteiger partial charge on any atom is 0.243 e. The largest absolute Gasteiger partial charge is 0.352 e. The zero-order valence-corrected chi connectivity index (χ0v) is 13.1. The number of nitrogens with zero attached hydrogens (tertiary/aromatic N) is 3. The number of fused-ring (bicyclic) bond motifs is 1. The molecule has 0 saturated heterocycles. The first kappa shape index (κ1) is 13.5. The van der Waals surface area contributed by atoms with Gasteiger partial charge in [0.15, 0.2) is 5.65 Å². The molecule has 20 heavy (non-hydrogen) atoms. The molecule has 6 heteroatoms. The number of rotatable bonds is 5. The molecule has 0 atom stereocenters. The molecule has 3 rings (SSSR count). The SMILES string of the molecule is Brc1ccc2nc(NCCSc3ccccc3)nn2c1. The van der Waals surface area contributed by atoms with Crippen LogP contribution in [0.5, 0.6) is 0 Å². The number of hydrogen-bond donors (Lipinski definition) is 1. The van der Waals surface area contributed by atoms with Gasteiger partial charge in [-0.3, -0.25) is 0 Å². The minimum atomic E-state index is 0.664. The van der Waals surface area contributed by atoms with E-state index in [1.807, 2.05) is 36.2 Å². The summed E-state index contributed by atoms with van der Waals surface area (Å²) in [7, 11) is 0. The van der Waals surface area contributed by atoms with Crippen molar-refractivity contribution in [1.82, 2.24) is 14.6 Å². The molecule has 0 radical (unpaired) electrons. The number of aromatic nitrogens is 3. The Hall–Kier alpha value is -1.53. The predicted octanol–water partition coefficient (Wildman–Crippen LogP) is 3.70. The Morgan fingerprint density at radius 2 is 2.00 bits per heavy atom. The lowest BCUT2D eigenvalue weighted by Gasteiger charge is -2.01. The summed E-state index contributed by atoms with van der Waals surface area (Å²) in [5, 5.41) is 7.62. The molecular weight excluding hydrogens is 336 g/mol. The Morgan fingerprint density at radius 1 is 1.15 bits per heavy atom. The Labute approximate surface area is 129 Å². The van der Waals surface area contributed by atoms with Crippen LogP contribution >= 0.6 is 27.7 Å². The van der Waals surface area contributed by atoms with Crippen LogP contribution in [0.25, 0.3) is 5.65 Å². The van der Waals surface area contributed by atoms with E-state index in [0.29, 0.717) is 5.95 Å². The van der Waals surface area contributed by atoms with Crippen LogP contribution in [-0.4, -0.2) is 26.9 Å². The molecule has 2 aromatic heterocycles. The fourth-order valence-corrected chi connectivity index (χ4v) is 2.90. The molecule has 4 nitrogen and oxygen atoms in total. The van der Waals surface area contributed by atoms with Gasteiger partial charge >= 0.3 is 0 Å². The third-order valence-corrected chi connectivity index (χ3v) is 4.17. The fourth-order valence-electron chi connectivity index (χ4n) is 1.78. The van der Waals surface area contributed by atoms with E-state index in [4.69, 9.17) is 0 Å². The summed E-state index contributed by atoms with van der Waals surface area (Å²) in [6.45, 7) is 0.831. The van der Waals surface area contributed by atoms with Gasteiger partial charge < -0.3 is 5.32 Å². The van der Waals surface area contributed by atoms with Gasteiger partial charge in [0.1, 0.15) is 0 Å². The van der Waals surface area contributed by atoms with Crippen molar-refractivity contribution in [3.8, 4) is 0 Å². The zero-order chi connectivity index (χ0) is 13.8. The lowest BCUT2D eigenvalue weighted by molar-refractivity contribution is 0.951. The lowest BCUT2D eigenvalue weighted by atomic mass is 10.4. The van der Waals surface area contributed by atoms with Gasteiger partial charge in [-0.05, 0) is 40.2 Å². The highest BCUT2D eigenvalue weighted by Gasteiger charge is 2.02. The molecule has 102 valence electrons. The van der Waals surface area contributed by atoms with Crippen molar-refractivity contribution in [2.45, 2.75) is 4.90 Å². The highest BCUT2D eigenvalue weighted by molar-refractivity contribution is 9.10. The molecular formula is C14H13BrN4S. The van der Waals surface area contributed by atoms with E-state index < -0.39 is 0 Å². The Bertz CT molecular complexity index is 699.